The Balaban J connectivity index is 2.28. The monoisotopic (exact) mass is 257 g/mol. The Morgan fingerprint density at radius 2 is 1.88 bits per heavy atom. The Labute approximate surface area is 106 Å². The molecule has 2 atom stereocenters. The highest BCUT2D eigenvalue weighted by atomic mass is 35.5. The van der Waals surface area contributed by atoms with Gasteiger partial charge in [-0.1, -0.05) is 11.6 Å². The summed E-state index contributed by atoms with van der Waals surface area (Å²) in [5.41, 5.74) is 0. The van der Waals surface area contributed by atoms with Crippen LogP contribution < -0.4 is 4.90 Å². The summed E-state index contributed by atoms with van der Waals surface area (Å²) >= 11 is 5.65. The molecule has 0 radical (unpaired) electrons. The van der Waals surface area contributed by atoms with Crippen molar-refractivity contribution in [1.29, 1.82) is 0 Å². The third-order valence-corrected chi connectivity index (χ3v) is 3.44. The molecule has 1 saturated heterocycles. The number of piperazine rings is 1. The molecule has 1 aliphatic heterocycles. The summed E-state index contributed by atoms with van der Waals surface area (Å²) in [4.78, 5) is 8.36. The lowest BCUT2D eigenvalue weighted by Gasteiger charge is -2.44. The molecule has 2 heterocycles. The molecule has 3 nitrogen and oxygen atoms in total. The van der Waals surface area contributed by atoms with Gasteiger partial charge in [0.1, 0.15) is 5.82 Å². The molecule has 1 aliphatic rings. The van der Waals surface area contributed by atoms with Crippen LogP contribution >= 0.6 is 11.6 Å². The fourth-order valence-electron chi connectivity index (χ4n) is 2.59. The standard InChI is InChI=1S/C12H17ClFN3/c1-8-6-16(3)7-9(2)17(8)11-5-4-10(13)12(14)15-11/h4-5,8-9H,6-7H2,1-3H3/t8-,9+. The number of hydrogen-bond donors (Lipinski definition) is 0. The molecule has 94 valence electrons. The molecule has 5 heteroatoms. The fraction of sp³-hybridized carbons (Fsp3) is 0.583. The number of nitrogens with zero attached hydrogens (tertiary/aromatic N) is 3. The van der Waals surface area contributed by atoms with E-state index < -0.39 is 5.95 Å². The van der Waals surface area contributed by atoms with Crippen molar-refractivity contribution in [2.75, 3.05) is 25.0 Å². The fourth-order valence-corrected chi connectivity index (χ4v) is 2.70. The average Bonchev–Trinajstić information content (AvgIpc) is 2.21. The highest BCUT2D eigenvalue weighted by Gasteiger charge is 2.28. The Kier molecular flexibility index (Phi) is 3.54. The van der Waals surface area contributed by atoms with Gasteiger partial charge in [0.2, 0.25) is 5.95 Å². The number of anilines is 1. The van der Waals surface area contributed by atoms with Gasteiger partial charge in [0.25, 0.3) is 0 Å². The number of rotatable bonds is 1. The second-order valence-electron chi connectivity index (χ2n) is 4.77. The summed E-state index contributed by atoms with van der Waals surface area (Å²) in [5, 5.41) is 0.0724. The molecule has 0 aromatic carbocycles. The minimum Gasteiger partial charge on any atom is -0.349 e. The summed E-state index contributed by atoms with van der Waals surface area (Å²) in [5.74, 6) is 0.0718. The number of likely N-dealkylation sites (N-methyl/N-ethyl adjacent to an activating group) is 1. The maximum absolute atomic E-state index is 13.4. The summed E-state index contributed by atoms with van der Waals surface area (Å²) in [6.45, 7) is 6.16. The number of halogens is 2. The minimum atomic E-state index is -0.595. The molecule has 1 fully saturated rings. The Morgan fingerprint density at radius 3 is 2.41 bits per heavy atom. The van der Waals surface area contributed by atoms with E-state index in [2.05, 4.69) is 35.7 Å². The molecule has 2 rings (SSSR count). The van der Waals surface area contributed by atoms with Crippen LogP contribution in [0.4, 0.5) is 10.2 Å². The minimum absolute atomic E-state index is 0.0724. The topological polar surface area (TPSA) is 19.4 Å². The maximum Gasteiger partial charge on any atom is 0.233 e. The van der Waals surface area contributed by atoms with Gasteiger partial charge in [-0.15, -0.1) is 0 Å². The summed E-state index contributed by atoms with van der Waals surface area (Å²) in [6.07, 6.45) is 0. The van der Waals surface area contributed by atoms with Crippen LogP contribution in [-0.4, -0.2) is 42.1 Å². The van der Waals surface area contributed by atoms with Crippen molar-refractivity contribution in [1.82, 2.24) is 9.88 Å². The van der Waals surface area contributed by atoms with E-state index in [0.29, 0.717) is 17.9 Å². The van der Waals surface area contributed by atoms with Crippen molar-refractivity contribution in [3.63, 3.8) is 0 Å². The zero-order chi connectivity index (χ0) is 12.6. The molecule has 0 spiro atoms. The molecule has 0 N–H and O–H groups in total. The van der Waals surface area contributed by atoms with Gasteiger partial charge in [0.15, 0.2) is 0 Å². The number of aromatic nitrogens is 1. The number of hydrogen-bond acceptors (Lipinski definition) is 3. The van der Waals surface area contributed by atoms with Gasteiger partial charge in [-0.05, 0) is 33.0 Å². The molecular formula is C12H17ClFN3. The first-order valence-electron chi connectivity index (χ1n) is 5.78. The maximum atomic E-state index is 13.4. The molecule has 0 saturated carbocycles. The van der Waals surface area contributed by atoms with Gasteiger partial charge in [-0.3, -0.25) is 0 Å². The van der Waals surface area contributed by atoms with Crippen LogP contribution in [0.2, 0.25) is 5.02 Å². The second kappa shape index (κ2) is 4.78. The Bertz CT molecular complexity index is 401. The van der Waals surface area contributed by atoms with Crippen molar-refractivity contribution in [2.45, 2.75) is 25.9 Å². The normalized spacial score (nSPS) is 26.3. The van der Waals surface area contributed by atoms with Gasteiger partial charge in [0.05, 0.1) is 5.02 Å². The van der Waals surface area contributed by atoms with Crippen molar-refractivity contribution >= 4 is 17.4 Å². The third kappa shape index (κ3) is 2.53. The van der Waals surface area contributed by atoms with Crippen molar-refractivity contribution in [3.05, 3.63) is 23.1 Å². The van der Waals surface area contributed by atoms with E-state index in [9.17, 15) is 4.39 Å². The first kappa shape index (κ1) is 12.6. The van der Waals surface area contributed by atoms with Gasteiger partial charge in [-0.25, -0.2) is 4.98 Å². The largest absolute Gasteiger partial charge is 0.349 e. The van der Waals surface area contributed by atoms with Gasteiger partial charge < -0.3 is 9.80 Å². The van der Waals surface area contributed by atoms with Crippen LogP contribution in [-0.2, 0) is 0 Å². The van der Waals surface area contributed by atoms with Gasteiger partial charge in [-0.2, -0.15) is 4.39 Å². The van der Waals surface area contributed by atoms with Crippen LogP contribution in [0.5, 0.6) is 0 Å². The summed E-state index contributed by atoms with van der Waals surface area (Å²) in [6, 6.07) is 3.98. The van der Waals surface area contributed by atoms with E-state index in [0.717, 1.165) is 13.1 Å². The average molecular weight is 258 g/mol. The van der Waals surface area contributed by atoms with E-state index in [-0.39, 0.29) is 5.02 Å². The van der Waals surface area contributed by atoms with Crippen LogP contribution in [0.1, 0.15) is 13.8 Å². The predicted octanol–water partition coefficient (Wildman–Crippen LogP) is 2.40. The highest BCUT2D eigenvalue weighted by Crippen LogP contribution is 2.24. The summed E-state index contributed by atoms with van der Waals surface area (Å²) in [7, 11) is 2.10. The lowest BCUT2D eigenvalue weighted by Crippen LogP contribution is -2.56. The highest BCUT2D eigenvalue weighted by molar-refractivity contribution is 6.30. The smallest absolute Gasteiger partial charge is 0.233 e. The van der Waals surface area contributed by atoms with Crippen molar-refractivity contribution in [3.8, 4) is 0 Å². The predicted molar refractivity (Wildman–Crippen MR) is 68.1 cm³/mol. The second-order valence-corrected chi connectivity index (χ2v) is 5.18. The van der Waals surface area contributed by atoms with E-state index in [1.807, 2.05) is 0 Å². The molecule has 0 bridgehead atoms. The molecule has 1 aromatic heterocycles. The van der Waals surface area contributed by atoms with E-state index in [4.69, 9.17) is 11.6 Å². The molecular weight excluding hydrogens is 241 g/mol. The zero-order valence-corrected chi connectivity index (χ0v) is 11.1. The van der Waals surface area contributed by atoms with Gasteiger partial charge >= 0.3 is 0 Å². The number of pyridine rings is 1. The molecule has 0 unspecified atom stereocenters. The van der Waals surface area contributed by atoms with Gasteiger partial charge in [0, 0.05) is 25.2 Å². The first-order chi connectivity index (χ1) is 7.99. The Morgan fingerprint density at radius 1 is 1.29 bits per heavy atom. The summed E-state index contributed by atoms with van der Waals surface area (Å²) < 4.78 is 13.4. The quantitative estimate of drug-likeness (QED) is 0.721. The first-order valence-corrected chi connectivity index (χ1v) is 6.15. The van der Waals surface area contributed by atoms with Crippen LogP contribution in [0.25, 0.3) is 0 Å². The molecule has 1 aromatic rings. The van der Waals surface area contributed by atoms with E-state index in [1.165, 1.54) is 0 Å². The zero-order valence-electron chi connectivity index (χ0n) is 10.3. The molecule has 17 heavy (non-hydrogen) atoms. The van der Waals surface area contributed by atoms with Crippen LogP contribution in [0.15, 0.2) is 12.1 Å². The molecule has 0 amide bonds. The third-order valence-electron chi connectivity index (χ3n) is 3.15. The lowest BCUT2D eigenvalue weighted by atomic mass is 10.1. The molecule has 0 aliphatic carbocycles. The van der Waals surface area contributed by atoms with Crippen LogP contribution in [0, 0.1) is 5.95 Å². The van der Waals surface area contributed by atoms with Crippen LogP contribution in [0.3, 0.4) is 0 Å². The SMILES string of the molecule is C[C@@H]1CN(C)C[C@H](C)N1c1ccc(Cl)c(F)n1. The Hall–Kier alpha value is -0.870. The van der Waals surface area contributed by atoms with Crippen molar-refractivity contribution < 1.29 is 4.39 Å². The van der Waals surface area contributed by atoms with E-state index in [1.54, 1.807) is 12.1 Å². The van der Waals surface area contributed by atoms with E-state index >= 15 is 0 Å². The van der Waals surface area contributed by atoms with Crippen molar-refractivity contribution in [2.24, 2.45) is 0 Å². The lowest BCUT2D eigenvalue weighted by molar-refractivity contribution is 0.239.